The average molecular weight is 354 g/mol. The van der Waals surface area contributed by atoms with Crippen LogP contribution < -0.4 is 10.2 Å². The Bertz CT molecular complexity index is 735. The van der Waals surface area contributed by atoms with Crippen molar-refractivity contribution in [2.75, 3.05) is 18.0 Å². The van der Waals surface area contributed by atoms with Gasteiger partial charge in [-0.05, 0) is 56.9 Å². The molecule has 5 nitrogen and oxygen atoms in total. The van der Waals surface area contributed by atoms with Gasteiger partial charge in [0, 0.05) is 42.6 Å². The van der Waals surface area contributed by atoms with Crippen molar-refractivity contribution in [3.05, 3.63) is 47.3 Å². The highest BCUT2D eigenvalue weighted by atomic mass is 16.1. The molecule has 1 aromatic heterocycles. The molecule has 1 heterocycles. The number of rotatable bonds is 7. The van der Waals surface area contributed by atoms with E-state index in [1.165, 1.54) is 29.8 Å². The second-order valence-electron chi connectivity index (χ2n) is 7.07. The molecule has 0 fully saturated rings. The van der Waals surface area contributed by atoms with Gasteiger partial charge < -0.3 is 10.2 Å². The molecule has 0 saturated heterocycles. The van der Waals surface area contributed by atoms with E-state index >= 15 is 0 Å². The molecule has 26 heavy (non-hydrogen) atoms. The van der Waals surface area contributed by atoms with Crippen LogP contribution in [0, 0.1) is 0 Å². The number of carbonyl (C=O) groups is 1. The number of unbranched alkanes of at least 4 members (excludes halogenated alkanes) is 1. The largest absolute Gasteiger partial charge is 0.372 e. The number of nitrogens with one attached hydrogen (secondary N) is 1. The van der Waals surface area contributed by atoms with E-state index in [2.05, 4.69) is 41.3 Å². The SMILES string of the molecule is CCCCN(CC)c1ccc(C(=O)N[C@H]2CCCc3c2cnn3C)cc1. The van der Waals surface area contributed by atoms with Crippen molar-refractivity contribution >= 4 is 11.6 Å². The number of aromatic nitrogens is 2. The van der Waals surface area contributed by atoms with Gasteiger partial charge in [0.05, 0.1) is 12.2 Å². The summed E-state index contributed by atoms with van der Waals surface area (Å²) in [6, 6.07) is 8.06. The highest BCUT2D eigenvalue weighted by Gasteiger charge is 2.25. The van der Waals surface area contributed by atoms with Gasteiger partial charge in [0.2, 0.25) is 0 Å². The topological polar surface area (TPSA) is 50.2 Å². The monoisotopic (exact) mass is 354 g/mol. The maximum Gasteiger partial charge on any atom is 0.251 e. The average Bonchev–Trinajstić information content (AvgIpc) is 3.05. The van der Waals surface area contributed by atoms with Gasteiger partial charge in [-0.2, -0.15) is 5.10 Å². The van der Waals surface area contributed by atoms with Crippen LogP contribution in [0.5, 0.6) is 0 Å². The summed E-state index contributed by atoms with van der Waals surface area (Å²) in [5.74, 6) is -0.00476. The lowest BCUT2D eigenvalue weighted by molar-refractivity contribution is 0.0932. The number of amides is 1. The molecule has 3 rings (SSSR count). The number of benzene rings is 1. The van der Waals surface area contributed by atoms with Crippen LogP contribution in [-0.4, -0.2) is 28.8 Å². The van der Waals surface area contributed by atoms with E-state index in [0.29, 0.717) is 0 Å². The van der Waals surface area contributed by atoms with Gasteiger partial charge in [-0.15, -0.1) is 0 Å². The molecule has 0 radical (unpaired) electrons. The number of fused-ring (bicyclic) bond motifs is 1. The molecule has 1 aliphatic rings. The van der Waals surface area contributed by atoms with Gasteiger partial charge in [-0.3, -0.25) is 9.48 Å². The third-order valence-electron chi connectivity index (χ3n) is 5.34. The molecular weight excluding hydrogens is 324 g/mol. The molecule has 5 heteroatoms. The Morgan fingerprint density at radius 1 is 1.31 bits per heavy atom. The molecule has 0 bridgehead atoms. The van der Waals surface area contributed by atoms with Crippen LogP contribution in [0.1, 0.15) is 67.2 Å². The summed E-state index contributed by atoms with van der Waals surface area (Å²) < 4.78 is 1.93. The first-order valence-corrected chi connectivity index (χ1v) is 9.80. The summed E-state index contributed by atoms with van der Waals surface area (Å²) in [5, 5.41) is 7.55. The van der Waals surface area contributed by atoms with E-state index in [0.717, 1.165) is 37.9 Å². The predicted molar refractivity (Wildman–Crippen MR) is 106 cm³/mol. The standard InChI is InChI=1S/C21H30N4O/c1-4-6-14-25(5-2)17-12-10-16(11-13-17)21(26)23-19-8-7-9-20-18(19)15-22-24(20)3/h10-13,15,19H,4-9,14H2,1-3H3,(H,23,26)/t19-/m0/s1. The highest BCUT2D eigenvalue weighted by molar-refractivity contribution is 5.94. The first-order chi connectivity index (χ1) is 12.6. The maximum absolute atomic E-state index is 12.7. The second kappa shape index (κ2) is 8.39. The first-order valence-electron chi connectivity index (χ1n) is 9.80. The molecule has 1 aromatic carbocycles. The Balaban J connectivity index is 1.67. The minimum Gasteiger partial charge on any atom is -0.372 e. The van der Waals surface area contributed by atoms with Crippen LogP contribution in [0.25, 0.3) is 0 Å². The molecule has 0 unspecified atom stereocenters. The minimum absolute atomic E-state index is 0.00476. The zero-order chi connectivity index (χ0) is 18.5. The van der Waals surface area contributed by atoms with Crippen molar-refractivity contribution in [1.29, 1.82) is 0 Å². The Hall–Kier alpha value is -2.30. The van der Waals surface area contributed by atoms with Crippen molar-refractivity contribution in [3.8, 4) is 0 Å². The fourth-order valence-electron chi connectivity index (χ4n) is 3.74. The van der Waals surface area contributed by atoms with E-state index in [9.17, 15) is 4.79 Å². The van der Waals surface area contributed by atoms with Gasteiger partial charge >= 0.3 is 0 Å². The Labute approximate surface area is 156 Å². The van der Waals surface area contributed by atoms with Crippen LogP contribution in [0.2, 0.25) is 0 Å². The molecular formula is C21H30N4O. The van der Waals surface area contributed by atoms with Crippen LogP contribution in [-0.2, 0) is 13.5 Å². The Morgan fingerprint density at radius 3 is 2.77 bits per heavy atom. The van der Waals surface area contributed by atoms with Gasteiger partial charge in [0.25, 0.3) is 5.91 Å². The van der Waals surface area contributed by atoms with Crippen molar-refractivity contribution in [2.24, 2.45) is 7.05 Å². The number of aryl methyl sites for hydroxylation is 1. The van der Waals surface area contributed by atoms with E-state index < -0.39 is 0 Å². The lowest BCUT2D eigenvalue weighted by Gasteiger charge is -2.24. The van der Waals surface area contributed by atoms with E-state index in [4.69, 9.17) is 0 Å². The zero-order valence-corrected chi connectivity index (χ0v) is 16.2. The van der Waals surface area contributed by atoms with Crippen molar-refractivity contribution in [1.82, 2.24) is 15.1 Å². The molecule has 2 aromatic rings. The number of hydrogen-bond donors (Lipinski definition) is 1. The highest BCUT2D eigenvalue weighted by Crippen LogP contribution is 2.29. The molecule has 0 saturated carbocycles. The van der Waals surface area contributed by atoms with Gasteiger partial charge in [-0.25, -0.2) is 0 Å². The molecule has 1 N–H and O–H groups in total. The van der Waals surface area contributed by atoms with Crippen molar-refractivity contribution in [3.63, 3.8) is 0 Å². The normalized spacial score (nSPS) is 16.2. The van der Waals surface area contributed by atoms with E-state index in [1.54, 1.807) is 0 Å². The predicted octanol–water partition coefficient (Wildman–Crippen LogP) is 3.85. The van der Waals surface area contributed by atoms with Crippen LogP contribution in [0.15, 0.2) is 30.5 Å². The van der Waals surface area contributed by atoms with Gasteiger partial charge in [0.1, 0.15) is 0 Å². The van der Waals surface area contributed by atoms with Gasteiger partial charge in [0.15, 0.2) is 0 Å². The molecule has 140 valence electrons. The van der Waals surface area contributed by atoms with Gasteiger partial charge in [-0.1, -0.05) is 13.3 Å². The van der Waals surface area contributed by atoms with Crippen LogP contribution >= 0.6 is 0 Å². The number of hydrogen-bond acceptors (Lipinski definition) is 3. The Morgan fingerprint density at radius 2 is 2.08 bits per heavy atom. The van der Waals surface area contributed by atoms with Crippen LogP contribution in [0.3, 0.4) is 0 Å². The number of anilines is 1. The first kappa shape index (κ1) is 18.5. The third kappa shape index (κ3) is 3.92. The summed E-state index contributed by atoms with van der Waals surface area (Å²) in [6.45, 7) is 6.42. The quantitative estimate of drug-likeness (QED) is 0.821. The lowest BCUT2D eigenvalue weighted by atomic mass is 9.93. The van der Waals surface area contributed by atoms with E-state index in [1.807, 2.05) is 30.1 Å². The smallest absolute Gasteiger partial charge is 0.251 e. The maximum atomic E-state index is 12.7. The summed E-state index contributed by atoms with van der Waals surface area (Å²) in [5.41, 5.74) is 4.31. The molecule has 1 atom stereocenters. The lowest BCUT2D eigenvalue weighted by Crippen LogP contribution is -2.31. The third-order valence-corrected chi connectivity index (χ3v) is 5.34. The molecule has 0 aliphatic heterocycles. The number of nitrogens with zero attached hydrogens (tertiary/aromatic N) is 3. The summed E-state index contributed by atoms with van der Waals surface area (Å²) in [6.07, 6.45) is 7.37. The van der Waals surface area contributed by atoms with Crippen molar-refractivity contribution in [2.45, 2.75) is 52.0 Å². The van der Waals surface area contributed by atoms with Crippen molar-refractivity contribution < 1.29 is 4.79 Å². The van der Waals surface area contributed by atoms with E-state index in [-0.39, 0.29) is 11.9 Å². The number of carbonyl (C=O) groups excluding carboxylic acids is 1. The summed E-state index contributed by atoms with van der Waals surface area (Å²) in [4.78, 5) is 15.1. The fraction of sp³-hybridized carbons (Fsp3) is 0.524. The Kier molecular flexibility index (Phi) is 5.96. The molecule has 1 amide bonds. The zero-order valence-electron chi connectivity index (χ0n) is 16.2. The summed E-state index contributed by atoms with van der Waals surface area (Å²) >= 11 is 0. The fourth-order valence-corrected chi connectivity index (χ4v) is 3.74. The summed E-state index contributed by atoms with van der Waals surface area (Å²) in [7, 11) is 1.97. The second-order valence-corrected chi connectivity index (χ2v) is 7.07. The molecule has 0 spiro atoms. The van der Waals surface area contributed by atoms with Crippen LogP contribution in [0.4, 0.5) is 5.69 Å². The molecule has 1 aliphatic carbocycles. The minimum atomic E-state index is -0.00476.